The zero-order valence-electron chi connectivity index (χ0n) is 8.40. The molecule has 0 atom stereocenters. The van der Waals surface area contributed by atoms with E-state index >= 15 is 0 Å². The van der Waals surface area contributed by atoms with Gasteiger partial charge in [-0.25, -0.2) is 4.79 Å². The molecule has 0 aliphatic rings. The SMILES string of the molecule is COC(=O)c1cc(-c2ccncc2Cl)n[nH]1. The van der Waals surface area contributed by atoms with Crippen molar-refractivity contribution in [2.24, 2.45) is 0 Å². The minimum Gasteiger partial charge on any atom is -0.464 e. The molecule has 16 heavy (non-hydrogen) atoms. The van der Waals surface area contributed by atoms with E-state index in [0.29, 0.717) is 16.3 Å². The third kappa shape index (κ3) is 1.90. The fraction of sp³-hybridized carbons (Fsp3) is 0.100. The molecule has 0 bridgehead atoms. The van der Waals surface area contributed by atoms with E-state index in [1.807, 2.05) is 0 Å². The second kappa shape index (κ2) is 4.32. The van der Waals surface area contributed by atoms with Gasteiger partial charge in [0.15, 0.2) is 0 Å². The Balaban J connectivity index is 2.39. The number of nitrogens with one attached hydrogen (secondary N) is 1. The van der Waals surface area contributed by atoms with Crippen molar-refractivity contribution in [2.45, 2.75) is 0 Å². The normalized spacial score (nSPS) is 10.1. The molecular formula is C10H8ClN3O2. The minimum atomic E-state index is -0.469. The maximum absolute atomic E-state index is 11.2. The molecule has 82 valence electrons. The molecule has 5 nitrogen and oxygen atoms in total. The van der Waals surface area contributed by atoms with Gasteiger partial charge < -0.3 is 4.74 Å². The molecule has 0 amide bonds. The molecule has 0 unspecified atom stereocenters. The van der Waals surface area contributed by atoms with Crippen LogP contribution in [0.25, 0.3) is 11.3 Å². The van der Waals surface area contributed by atoms with E-state index in [2.05, 4.69) is 19.9 Å². The van der Waals surface area contributed by atoms with Crippen LogP contribution in [0.15, 0.2) is 24.5 Å². The van der Waals surface area contributed by atoms with E-state index in [9.17, 15) is 4.79 Å². The van der Waals surface area contributed by atoms with E-state index in [0.717, 1.165) is 0 Å². The quantitative estimate of drug-likeness (QED) is 0.811. The number of ether oxygens (including phenoxy) is 1. The van der Waals surface area contributed by atoms with Gasteiger partial charge in [-0.05, 0) is 12.1 Å². The van der Waals surface area contributed by atoms with Crippen LogP contribution in [-0.4, -0.2) is 28.3 Å². The fourth-order valence-electron chi connectivity index (χ4n) is 1.26. The van der Waals surface area contributed by atoms with Gasteiger partial charge in [0, 0.05) is 18.0 Å². The van der Waals surface area contributed by atoms with E-state index in [1.54, 1.807) is 18.3 Å². The molecule has 0 aliphatic heterocycles. The average Bonchev–Trinajstić information content (AvgIpc) is 2.78. The number of H-pyrrole nitrogens is 1. The van der Waals surface area contributed by atoms with Crippen LogP contribution in [0.1, 0.15) is 10.5 Å². The fourth-order valence-corrected chi connectivity index (χ4v) is 1.47. The predicted molar refractivity (Wildman–Crippen MR) is 58.2 cm³/mol. The Morgan fingerprint density at radius 3 is 3.06 bits per heavy atom. The van der Waals surface area contributed by atoms with E-state index < -0.39 is 5.97 Å². The lowest BCUT2D eigenvalue weighted by atomic mass is 10.2. The zero-order chi connectivity index (χ0) is 11.5. The largest absolute Gasteiger partial charge is 0.464 e. The lowest BCUT2D eigenvalue weighted by Gasteiger charge is -1.97. The Hall–Kier alpha value is -1.88. The van der Waals surface area contributed by atoms with E-state index in [4.69, 9.17) is 11.6 Å². The van der Waals surface area contributed by atoms with Crippen molar-refractivity contribution in [3.63, 3.8) is 0 Å². The van der Waals surface area contributed by atoms with Gasteiger partial charge in [-0.15, -0.1) is 0 Å². The molecule has 2 heterocycles. The molecule has 6 heteroatoms. The molecule has 0 aromatic carbocycles. The first kappa shape index (κ1) is 10.6. The van der Waals surface area contributed by atoms with Crippen molar-refractivity contribution in [1.82, 2.24) is 15.2 Å². The van der Waals surface area contributed by atoms with Crippen molar-refractivity contribution in [2.75, 3.05) is 7.11 Å². The molecule has 0 saturated heterocycles. The van der Waals surface area contributed by atoms with Gasteiger partial charge >= 0.3 is 5.97 Å². The van der Waals surface area contributed by atoms with Crippen molar-refractivity contribution >= 4 is 17.6 Å². The number of aromatic nitrogens is 3. The Labute approximate surface area is 96.4 Å². The molecular weight excluding hydrogens is 230 g/mol. The minimum absolute atomic E-state index is 0.283. The van der Waals surface area contributed by atoms with Crippen LogP contribution < -0.4 is 0 Å². The van der Waals surface area contributed by atoms with Gasteiger partial charge in [-0.1, -0.05) is 11.6 Å². The maximum Gasteiger partial charge on any atom is 0.356 e. The highest BCUT2D eigenvalue weighted by molar-refractivity contribution is 6.33. The highest BCUT2D eigenvalue weighted by Gasteiger charge is 2.12. The standard InChI is InChI=1S/C10H8ClN3O2/c1-16-10(15)9-4-8(13-14-9)6-2-3-12-5-7(6)11/h2-5H,1H3,(H,13,14). The van der Waals surface area contributed by atoms with Crippen LogP contribution in [0.3, 0.4) is 0 Å². The summed E-state index contributed by atoms with van der Waals surface area (Å²) in [7, 11) is 1.31. The highest BCUT2D eigenvalue weighted by atomic mass is 35.5. The second-order valence-corrected chi connectivity index (χ2v) is 3.42. The van der Waals surface area contributed by atoms with Crippen molar-refractivity contribution in [3.8, 4) is 11.3 Å². The number of methoxy groups -OCH3 is 1. The Morgan fingerprint density at radius 1 is 1.56 bits per heavy atom. The maximum atomic E-state index is 11.2. The number of halogens is 1. The molecule has 0 fully saturated rings. The van der Waals surface area contributed by atoms with E-state index in [-0.39, 0.29) is 5.69 Å². The number of hydrogen-bond acceptors (Lipinski definition) is 4. The number of aromatic amines is 1. The van der Waals surface area contributed by atoms with Crippen molar-refractivity contribution in [1.29, 1.82) is 0 Å². The topological polar surface area (TPSA) is 67.9 Å². The average molecular weight is 238 g/mol. The molecule has 0 radical (unpaired) electrons. The van der Waals surface area contributed by atoms with Crippen LogP contribution >= 0.6 is 11.6 Å². The lowest BCUT2D eigenvalue weighted by Crippen LogP contribution is -2.00. The number of carbonyl (C=O) groups excluding carboxylic acids is 1. The van der Waals surface area contributed by atoms with Gasteiger partial charge in [0.1, 0.15) is 5.69 Å². The third-order valence-corrected chi connectivity index (χ3v) is 2.33. The van der Waals surface area contributed by atoms with Gasteiger partial charge in [0.2, 0.25) is 0 Å². The summed E-state index contributed by atoms with van der Waals surface area (Å²) in [5, 5.41) is 7.03. The first-order valence-corrected chi connectivity index (χ1v) is 4.84. The summed E-state index contributed by atoms with van der Waals surface area (Å²) < 4.78 is 4.56. The number of pyridine rings is 1. The summed E-state index contributed by atoms with van der Waals surface area (Å²) in [6.07, 6.45) is 3.12. The highest BCUT2D eigenvalue weighted by Crippen LogP contribution is 2.25. The van der Waals surface area contributed by atoms with Gasteiger partial charge in [-0.2, -0.15) is 5.10 Å². The predicted octanol–water partition coefficient (Wildman–Crippen LogP) is 1.91. The van der Waals surface area contributed by atoms with E-state index in [1.165, 1.54) is 13.3 Å². The second-order valence-electron chi connectivity index (χ2n) is 3.01. The van der Waals surface area contributed by atoms with Gasteiger partial charge in [-0.3, -0.25) is 10.1 Å². The number of nitrogens with zero attached hydrogens (tertiary/aromatic N) is 2. The van der Waals surface area contributed by atoms with Gasteiger partial charge in [0.05, 0.1) is 17.8 Å². The molecule has 0 aliphatic carbocycles. The van der Waals surface area contributed by atoms with Crippen LogP contribution in [0.2, 0.25) is 5.02 Å². The smallest absolute Gasteiger partial charge is 0.356 e. The van der Waals surface area contributed by atoms with Crippen LogP contribution in [0.5, 0.6) is 0 Å². The summed E-state index contributed by atoms with van der Waals surface area (Å²) in [5.74, 6) is -0.469. The lowest BCUT2D eigenvalue weighted by molar-refractivity contribution is 0.0594. The first-order valence-electron chi connectivity index (χ1n) is 4.46. The monoisotopic (exact) mass is 237 g/mol. The van der Waals surface area contributed by atoms with Crippen LogP contribution in [0.4, 0.5) is 0 Å². The molecule has 0 spiro atoms. The molecule has 0 saturated carbocycles. The summed E-state index contributed by atoms with van der Waals surface area (Å²) in [5.41, 5.74) is 1.57. The summed E-state index contributed by atoms with van der Waals surface area (Å²) in [4.78, 5) is 15.1. The molecule has 2 aromatic rings. The number of rotatable bonds is 2. The summed E-state index contributed by atoms with van der Waals surface area (Å²) in [6.45, 7) is 0. The molecule has 1 N–H and O–H groups in total. The number of carbonyl (C=O) groups is 1. The number of hydrogen-bond donors (Lipinski definition) is 1. The third-order valence-electron chi connectivity index (χ3n) is 2.03. The van der Waals surface area contributed by atoms with Crippen molar-refractivity contribution < 1.29 is 9.53 Å². The Kier molecular flexibility index (Phi) is 2.87. The number of esters is 1. The van der Waals surface area contributed by atoms with Crippen LogP contribution in [-0.2, 0) is 4.74 Å². The molecule has 2 aromatic heterocycles. The zero-order valence-corrected chi connectivity index (χ0v) is 9.15. The summed E-state index contributed by atoms with van der Waals surface area (Å²) in [6, 6.07) is 3.30. The summed E-state index contributed by atoms with van der Waals surface area (Å²) >= 11 is 5.95. The van der Waals surface area contributed by atoms with Crippen molar-refractivity contribution in [3.05, 3.63) is 35.2 Å². The van der Waals surface area contributed by atoms with Gasteiger partial charge in [0.25, 0.3) is 0 Å². The Bertz CT molecular complexity index is 524. The first-order chi connectivity index (χ1) is 7.72. The molecule has 2 rings (SSSR count). The van der Waals surface area contributed by atoms with Crippen LogP contribution in [0, 0.1) is 0 Å². The Morgan fingerprint density at radius 2 is 2.38 bits per heavy atom.